The molecule has 0 aliphatic carbocycles. The van der Waals surface area contributed by atoms with Crippen molar-refractivity contribution >= 4 is 17.9 Å². The number of esters is 3. The van der Waals surface area contributed by atoms with Crippen molar-refractivity contribution in [3.63, 3.8) is 0 Å². The molecule has 0 amide bonds. The van der Waals surface area contributed by atoms with Gasteiger partial charge in [-0.15, -0.1) is 0 Å². The minimum atomic E-state index is -0.804. The lowest BCUT2D eigenvalue weighted by atomic mass is 10.1. The van der Waals surface area contributed by atoms with Crippen molar-refractivity contribution in [3.8, 4) is 0 Å². The van der Waals surface area contributed by atoms with Gasteiger partial charge in [-0.05, 0) is 128 Å². The standard InChI is InChI=1S/C74H120O6/c1-4-7-10-13-16-19-22-24-26-28-30-32-33-34-35-36-37-38-39-40-41-43-44-46-48-50-52-55-58-61-64-67-73(76)79-70-71(69-78-72(75)66-63-60-57-54-21-18-15-12-9-6-3)80-74(77)68-65-62-59-56-53-51-49-47-45-42-31-29-27-25-23-20-17-14-11-8-5-2/h7,10,16,19,23-26,29-32,34-35,37-38,40-41,44-47,50,52,71H,4-6,8-9,11-15,17-18,20-22,27-28,33,36,39,42-43,48-49,51,53-70H2,1-3H3/b10-7-,19-16-,25-23-,26-24-,31-29-,32-30-,35-34-,38-37-,41-40-,46-44-,47-45-,52-50-. The molecule has 0 aliphatic rings. The predicted octanol–water partition coefficient (Wildman–Crippen LogP) is 22.7. The lowest BCUT2D eigenvalue weighted by Gasteiger charge is -2.18. The van der Waals surface area contributed by atoms with Crippen LogP contribution in [0.15, 0.2) is 146 Å². The van der Waals surface area contributed by atoms with Gasteiger partial charge >= 0.3 is 17.9 Å². The summed E-state index contributed by atoms with van der Waals surface area (Å²) in [5, 5.41) is 0. The smallest absolute Gasteiger partial charge is 0.306 e. The molecule has 0 fully saturated rings. The van der Waals surface area contributed by atoms with E-state index in [9.17, 15) is 14.4 Å². The summed E-state index contributed by atoms with van der Waals surface area (Å²) in [5.74, 6) is -0.945. The van der Waals surface area contributed by atoms with Crippen LogP contribution in [-0.2, 0) is 28.6 Å². The number of carbonyl (C=O) groups excluding carboxylic acids is 3. The van der Waals surface area contributed by atoms with Gasteiger partial charge in [-0.25, -0.2) is 0 Å². The van der Waals surface area contributed by atoms with Crippen molar-refractivity contribution in [2.45, 2.75) is 290 Å². The Kier molecular flexibility index (Phi) is 62.9. The number of rotatable bonds is 58. The molecule has 0 heterocycles. The highest BCUT2D eigenvalue weighted by atomic mass is 16.6. The maximum absolute atomic E-state index is 12.9. The van der Waals surface area contributed by atoms with E-state index in [0.29, 0.717) is 19.3 Å². The topological polar surface area (TPSA) is 78.9 Å². The van der Waals surface area contributed by atoms with Crippen LogP contribution < -0.4 is 0 Å². The number of hydrogen-bond donors (Lipinski definition) is 0. The summed E-state index contributed by atoms with van der Waals surface area (Å²) in [6.45, 7) is 6.47. The van der Waals surface area contributed by atoms with E-state index in [1.54, 1.807) is 0 Å². The Morgan fingerprint density at radius 2 is 0.487 bits per heavy atom. The summed E-state index contributed by atoms with van der Waals surface area (Å²) in [7, 11) is 0. The Morgan fingerprint density at radius 3 is 0.775 bits per heavy atom. The van der Waals surface area contributed by atoms with E-state index in [-0.39, 0.29) is 31.1 Å². The number of hydrogen-bond acceptors (Lipinski definition) is 6. The third kappa shape index (κ3) is 64.1. The zero-order chi connectivity index (χ0) is 57.8. The Morgan fingerprint density at radius 1 is 0.263 bits per heavy atom. The molecule has 0 spiro atoms. The van der Waals surface area contributed by atoms with Gasteiger partial charge in [-0.1, -0.05) is 282 Å². The Labute approximate surface area is 493 Å². The van der Waals surface area contributed by atoms with Gasteiger partial charge in [0.15, 0.2) is 6.10 Å². The van der Waals surface area contributed by atoms with Gasteiger partial charge < -0.3 is 14.2 Å². The minimum Gasteiger partial charge on any atom is -0.462 e. The molecular formula is C74H120O6. The van der Waals surface area contributed by atoms with Crippen LogP contribution in [0.1, 0.15) is 284 Å². The molecule has 0 bridgehead atoms. The van der Waals surface area contributed by atoms with Gasteiger partial charge in [0.25, 0.3) is 0 Å². The van der Waals surface area contributed by atoms with E-state index in [0.717, 1.165) is 148 Å². The molecule has 0 rings (SSSR count). The first-order chi connectivity index (χ1) is 39.5. The molecule has 0 aromatic carbocycles. The molecular weight excluding hydrogens is 985 g/mol. The predicted molar refractivity (Wildman–Crippen MR) is 348 cm³/mol. The molecule has 1 atom stereocenters. The zero-order valence-electron chi connectivity index (χ0n) is 51.8. The van der Waals surface area contributed by atoms with Crippen molar-refractivity contribution in [2.24, 2.45) is 0 Å². The summed E-state index contributed by atoms with van der Waals surface area (Å²) in [4.78, 5) is 38.2. The number of allylic oxidation sites excluding steroid dienone is 24. The number of unbranched alkanes of at least 4 members (excludes halogenated alkanes) is 23. The summed E-state index contributed by atoms with van der Waals surface area (Å²) < 4.78 is 16.9. The van der Waals surface area contributed by atoms with Crippen LogP contribution >= 0.6 is 0 Å². The third-order valence-corrected chi connectivity index (χ3v) is 13.6. The summed E-state index contributed by atoms with van der Waals surface area (Å²) >= 11 is 0. The molecule has 0 N–H and O–H groups in total. The average molecular weight is 1110 g/mol. The van der Waals surface area contributed by atoms with Crippen LogP contribution in [-0.4, -0.2) is 37.2 Å². The maximum atomic E-state index is 12.9. The Balaban J connectivity index is 4.37. The minimum absolute atomic E-state index is 0.0969. The van der Waals surface area contributed by atoms with Crippen molar-refractivity contribution in [2.75, 3.05) is 13.2 Å². The van der Waals surface area contributed by atoms with E-state index >= 15 is 0 Å². The van der Waals surface area contributed by atoms with Crippen molar-refractivity contribution in [1.82, 2.24) is 0 Å². The lowest BCUT2D eigenvalue weighted by Crippen LogP contribution is -2.30. The fraction of sp³-hybridized carbons (Fsp3) is 0.635. The van der Waals surface area contributed by atoms with E-state index < -0.39 is 6.10 Å². The summed E-state index contributed by atoms with van der Waals surface area (Å²) in [6, 6.07) is 0. The molecule has 1 unspecified atom stereocenters. The second kappa shape index (κ2) is 66.8. The van der Waals surface area contributed by atoms with Gasteiger partial charge in [-0.3, -0.25) is 14.4 Å². The monoisotopic (exact) mass is 1100 g/mol. The first-order valence-corrected chi connectivity index (χ1v) is 32.8. The third-order valence-electron chi connectivity index (χ3n) is 13.6. The lowest BCUT2D eigenvalue weighted by molar-refractivity contribution is -0.167. The molecule has 6 heteroatoms. The Hall–Kier alpha value is -4.71. The molecule has 6 nitrogen and oxygen atoms in total. The van der Waals surface area contributed by atoms with Crippen molar-refractivity contribution < 1.29 is 28.6 Å². The van der Waals surface area contributed by atoms with Gasteiger partial charge in [-0.2, -0.15) is 0 Å². The first-order valence-electron chi connectivity index (χ1n) is 32.8. The van der Waals surface area contributed by atoms with Gasteiger partial charge in [0, 0.05) is 19.3 Å². The van der Waals surface area contributed by atoms with Crippen LogP contribution in [0, 0.1) is 0 Å². The highest BCUT2D eigenvalue weighted by Crippen LogP contribution is 2.14. The maximum Gasteiger partial charge on any atom is 0.306 e. The first kappa shape index (κ1) is 75.3. The fourth-order valence-corrected chi connectivity index (χ4v) is 8.68. The molecule has 80 heavy (non-hydrogen) atoms. The van der Waals surface area contributed by atoms with Crippen LogP contribution in [0.5, 0.6) is 0 Å². The van der Waals surface area contributed by atoms with E-state index in [2.05, 4.69) is 167 Å². The number of carbonyl (C=O) groups is 3. The van der Waals surface area contributed by atoms with Crippen molar-refractivity contribution in [3.05, 3.63) is 146 Å². The quantitative estimate of drug-likeness (QED) is 0.0261. The van der Waals surface area contributed by atoms with Crippen LogP contribution in [0.4, 0.5) is 0 Å². The van der Waals surface area contributed by atoms with E-state index in [4.69, 9.17) is 14.2 Å². The largest absolute Gasteiger partial charge is 0.462 e. The van der Waals surface area contributed by atoms with Crippen LogP contribution in [0.2, 0.25) is 0 Å². The SMILES string of the molecule is CC/C=C\C/C=C\C/C=C\C/C=C\C/C=C\C/C=C\C/C=C\C/C=C\C/C=C\CCCCCC(=O)OCC(COC(=O)CCCCCCCCCCCC)OC(=O)CCCCCCCC/C=C\C/C=C\C/C=C\CCCCCCC. The van der Waals surface area contributed by atoms with Gasteiger partial charge in [0.1, 0.15) is 13.2 Å². The molecule has 0 aromatic heterocycles. The Bertz CT molecular complexity index is 1750. The van der Waals surface area contributed by atoms with Crippen molar-refractivity contribution in [1.29, 1.82) is 0 Å². The highest BCUT2D eigenvalue weighted by molar-refractivity contribution is 5.71. The van der Waals surface area contributed by atoms with Crippen LogP contribution in [0.3, 0.4) is 0 Å². The molecule has 0 aromatic rings. The highest BCUT2D eigenvalue weighted by Gasteiger charge is 2.19. The number of ether oxygens (including phenoxy) is 3. The van der Waals surface area contributed by atoms with Crippen LogP contribution in [0.25, 0.3) is 0 Å². The molecule has 0 radical (unpaired) electrons. The second-order valence-corrected chi connectivity index (χ2v) is 21.3. The fourth-order valence-electron chi connectivity index (χ4n) is 8.68. The van der Waals surface area contributed by atoms with E-state index in [1.807, 2.05) is 0 Å². The average Bonchev–Trinajstić information content (AvgIpc) is 3.46. The molecule has 452 valence electrons. The van der Waals surface area contributed by atoms with Gasteiger partial charge in [0.2, 0.25) is 0 Å². The summed E-state index contributed by atoms with van der Waals surface area (Å²) in [5.41, 5.74) is 0. The summed E-state index contributed by atoms with van der Waals surface area (Å²) in [6.07, 6.45) is 95.7. The van der Waals surface area contributed by atoms with E-state index in [1.165, 1.54) is 96.3 Å². The second-order valence-electron chi connectivity index (χ2n) is 21.3. The molecule has 0 aliphatic heterocycles. The molecule has 0 saturated heterocycles. The van der Waals surface area contributed by atoms with Gasteiger partial charge in [0.05, 0.1) is 0 Å². The normalized spacial score (nSPS) is 13.1. The zero-order valence-corrected chi connectivity index (χ0v) is 51.8. The molecule has 0 saturated carbocycles.